The smallest absolute Gasteiger partial charge is 0.251 e. The highest BCUT2D eigenvalue weighted by atomic mass is 32.1. The maximum absolute atomic E-state index is 13.2. The lowest BCUT2D eigenvalue weighted by molar-refractivity contribution is -0.137. The molecule has 2 atom stereocenters. The van der Waals surface area contributed by atoms with Gasteiger partial charge in [0.15, 0.2) is 0 Å². The fraction of sp³-hybridized carbons (Fsp3) is 0.321. The van der Waals surface area contributed by atoms with Gasteiger partial charge in [-0.3, -0.25) is 14.4 Å². The molecule has 2 aromatic heterocycles. The van der Waals surface area contributed by atoms with Crippen molar-refractivity contribution in [2.24, 2.45) is 5.92 Å². The Labute approximate surface area is 223 Å². The molecule has 0 saturated carbocycles. The molecule has 37 heavy (non-hydrogen) atoms. The summed E-state index contributed by atoms with van der Waals surface area (Å²) in [5.74, 6) is -0.703. The minimum Gasteiger partial charge on any atom is -0.384 e. The summed E-state index contributed by atoms with van der Waals surface area (Å²) in [7, 11) is 1.62. The third-order valence-corrected chi connectivity index (χ3v) is 8.88. The average molecular weight is 536 g/mol. The molecule has 0 bridgehead atoms. The Morgan fingerprint density at radius 3 is 2.65 bits per heavy atom. The van der Waals surface area contributed by atoms with Gasteiger partial charge in [0.1, 0.15) is 6.04 Å². The van der Waals surface area contributed by atoms with Crippen LogP contribution in [-0.2, 0) is 20.9 Å². The van der Waals surface area contributed by atoms with E-state index in [0.717, 1.165) is 25.9 Å². The van der Waals surface area contributed by atoms with Crippen molar-refractivity contribution in [2.45, 2.75) is 25.9 Å². The second-order valence-electron chi connectivity index (χ2n) is 9.42. The van der Waals surface area contributed by atoms with Crippen LogP contribution in [0, 0.1) is 12.8 Å². The molecule has 7 nitrogen and oxygen atoms in total. The van der Waals surface area contributed by atoms with Crippen LogP contribution in [-0.4, -0.2) is 55.5 Å². The van der Waals surface area contributed by atoms with Gasteiger partial charge in [-0.1, -0.05) is 18.2 Å². The normalized spacial score (nSPS) is 17.4. The van der Waals surface area contributed by atoms with Gasteiger partial charge in [0.2, 0.25) is 11.8 Å². The fourth-order valence-corrected chi connectivity index (χ4v) is 6.81. The summed E-state index contributed by atoms with van der Waals surface area (Å²) in [5, 5.41) is 9.91. The van der Waals surface area contributed by atoms with Crippen LogP contribution in [0.5, 0.6) is 0 Å². The van der Waals surface area contributed by atoms with Crippen LogP contribution in [0.2, 0.25) is 0 Å². The summed E-state index contributed by atoms with van der Waals surface area (Å²) in [4.78, 5) is 41.8. The lowest BCUT2D eigenvalue weighted by atomic mass is 10.1. The highest BCUT2D eigenvalue weighted by Crippen LogP contribution is 2.34. The van der Waals surface area contributed by atoms with Gasteiger partial charge in [-0.05, 0) is 54.6 Å². The van der Waals surface area contributed by atoms with Gasteiger partial charge in [0.05, 0.1) is 19.7 Å². The number of carbonyl (C=O) groups is 3. The van der Waals surface area contributed by atoms with E-state index < -0.39 is 6.04 Å². The Morgan fingerprint density at radius 1 is 1.05 bits per heavy atom. The lowest BCUT2D eigenvalue weighted by Gasteiger charge is -2.24. The quantitative estimate of drug-likeness (QED) is 0.352. The van der Waals surface area contributed by atoms with Crippen LogP contribution in [0.15, 0.2) is 53.9 Å². The highest BCUT2D eigenvalue weighted by molar-refractivity contribution is 7.25. The zero-order valence-electron chi connectivity index (χ0n) is 20.8. The van der Waals surface area contributed by atoms with Crippen LogP contribution in [0.3, 0.4) is 0 Å². The van der Waals surface area contributed by atoms with Crippen LogP contribution in [0.1, 0.15) is 27.2 Å². The second kappa shape index (κ2) is 11.0. The van der Waals surface area contributed by atoms with E-state index in [2.05, 4.69) is 16.7 Å². The van der Waals surface area contributed by atoms with E-state index in [1.54, 1.807) is 40.7 Å². The average Bonchev–Trinajstić information content (AvgIpc) is 3.62. The number of thiophene rings is 2. The summed E-state index contributed by atoms with van der Waals surface area (Å²) < 4.78 is 7.57. The number of rotatable bonds is 8. The predicted octanol–water partition coefficient (Wildman–Crippen LogP) is 4.33. The molecule has 4 aromatic rings. The van der Waals surface area contributed by atoms with Gasteiger partial charge in [-0.2, -0.15) is 0 Å². The molecule has 9 heteroatoms. The number of amides is 3. The summed E-state index contributed by atoms with van der Waals surface area (Å²) >= 11 is 3.29. The number of ether oxygens (including phenoxy) is 1. The van der Waals surface area contributed by atoms with Crippen molar-refractivity contribution in [1.82, 2.24) is 15.5 Å². The molecule has 1 saturated heterocycles. The van der Waals surface area contributed by atoms with E-state index in [4.69, 9.17) is 4.74 Å². The molecule has 3 amide bonds. The maximum Gasteiger partial charge on any atom is 0.251 e. The van der Waals surface area contributed by atoms with Gasteiger partial charge >= 0.3 is 0 Å². The SMILES string of the molecule is COCC1CC(C(=O)NCc2cc(C)cs2)N(C(=O)CNC(=O)c2ccc3sc4ccccc4c3c2)C1. The third-order valence-electron chi connectivity index (χ3n) is 6.67. The van der Waals surface area contributed by atoms with Crippen molar-refractivity contribution in [3.8, 4) is 0 Å². The Kier molecular flexibility index (Phi) is 7.55. The van der Waals surface area contributed by atoms with Crippen molar-refractivity contribution in [3.05, 3.63) is 69.9 Å². The maximum atomic E-state index is 13.2. The molecular formula is C28H29N3O4S2. The molecular weight excluding hydrogens is 506 g/mol. The van der Waals surface area contributed by atoms with Gasteiger partial charge < -0.3 is 20.3 Å². The fourth-order valence-electron chi connectivity index (χ4n) is 4.91. The van der Waals surface area contributed by atoms with Gasteiger partial charge in [0.25, 0.3) is 5.91 Å². The molecule has 2 N–H and O–H groups in total. The van der Waals surface area contributed by atoms with Gasteiger partial charge in [-0.25, -0.2) is 0 Å². The van der Waals surface area contributed by atoms with Gasteiger partial charge in [-0.15, -0.1) is 22.7 Å². The van der Waals surface area contributed by atoms with E-state index in [-0.39, 0.29) is 30.2 Å². The molecule has 2 aromatic carbocycles. The number of aryl methyl sites for hydroxylation is 1. The number of methoxy groups -OCH3 is 1. The number of benzene rings is 2. The standard InChI is InChI=1S/C28H29N3O4S2/c1-17-9-20(36-16-17)12-29-28(34)23-10-18(15-35-2)14-31(23)26(32)13-30-27(33)19-7-8-25-22(11-19)21-5-3-4-6-24(21)37-25/h3-9,11,16,18,23H,10,12-15H2,1-2H3,(H,29,34)(H,30,33). The molecule has 0 aliphatic carbocycles. The van der Waals surface area contributed by atoms with Crippen molar-refractivity contribution >= 4 is 60.6 Å². The number of hydrogen-bond acceptors (Lipinski definition) is 6. The van der Waals surface area contributed by atoms with Crippen LogP contribution in [0.4, 0.5) is 0 Å². The first kappa shape index (κ1) is 25.4. The first-order valence-electron chi connectivity index (χ1n) is 12.2. The number of carbonyl (C=O) groups excluding carboxylic acids is 3. The Hall–Kier alpha value is -3.27. The molecule has 5 rings (SSSR count). The Balaban J connectivity index is 1.24. The lowest BCUT2D eigenvalue weighted by Crippen LogP contribution is -2.48. The summed E-state index contributed by atoms with van der Waals surface area (Å²) in [5.41, 5.74) is 1.66. The molecule has 192 valence electrons. The zero-order chi connectivity index (χ0) is 25.9. The Morgan fingerprint density at radius 2 is 1.86 bits per heavy atom. The van der Waals surface area contributed by atoms with Crippen molar-refractivity contribution < 1.29 is 19.1 Å². The largest absolute Gasteiger partial charge is 0.384 e. The Bertz CT molecular complexity index is 1460. The second-order valence-corrected chi connectivity index (χ2v) is 11.5. The predicted molar refractivity (Wildman–Crippen MR) is 148 cm³/mol. The summed E-state index contributed by atoms with van der Waals surface area (Å²) in [6, 6.07) is 15.2. The van der Waals surface area contributed by atoms with Crippen molar-refractivity contribution in [2.75, 3.05) is 26.8 Å². The molecule has 0 spiro atoms. The zero-order valence-corrected chi connectivity index (χ0v) is 22.4. The number of nitrogens with zero attached hydrogens (tertiary/aromatic N) is 1. The number of likely N-dealkylation sites (tertiary alicyclic amines) is 1. The summed E-state index contributed by atoms with van der Waals surface area (Å²) in [6.07, 6.45) is 0.532. The number of nitrogens with one attached hydrogen (secondary N) is 2. The first-order valence-corrected chi connectivity index (χ1v) is 13.9. The minimum absolute atomic E-state index is 0.0682. The van der Waals surface area contributed by atoms with E-state index in [1.807, 2.05) is 48.7 Å². The number of hydrogen-bond donors (Lipinski definition) is 2. The van der Waals surface area contributed by atoms with E-state index >= 15 is 0 Å². The first-order chi connectivity index (χ1) is 17.9. The molecule has 2 unspecified atom stereocenters. The molecule has 3 heterocycles. The molecule has 0 radical (unpaired) electrons. The minimum atomic E-state index is -0.584. The molecule has 1 aliphatic rings. The van der Waals surface area contributed by atoms with Crippen LogP contribution in [0.25, 0.3) is 20.2 Å². The third kappa shape index (κ3) is 5.53. The van der Waals surface area contributed by atoms with Crippen LogP contribution >= 0.6 is 22.7 Å². The highest BCUT2D eigenvalue weighted by Gasteiger charge is 2.39. The van der Waals surface area contributed by atoms with Gasteiger partial charge in [0, 0.05) is 50.2 Å². The van der Waals surface area contributed by atoms with E-state index in [1.165, 1.54) is 4.70 Å². The summed E-state index contributed by atoms with van der Waals surface area (Å²) in [6.45, 7) is 3.17. The topological polar surface area (TPSA) is 87.7 Å². The van der Waals surface area contributed by atoms with Crippen LogP contribution < -0.4 is 10.6 Å². The number of fused-ring (bicyclic) bond motifs is 3. The van der Waals surface area contributed by atoms with Crippen molar-refractivity contribution in [1.29, 1.82) is 0 Å². The van der Waals surface area contributed by atoms with E-state index in [0.29, 0.717) is 31.7 Å². The molecule has 1 fully saturated rings. The van der Waals surface area contributed by atoms with E-state index in [9.17, 15) is 14.4 Å². The van der Waals surface area contributed by atoms with Crippen molar-refractivity contribution in [3.63, 3.8) is 0 Å². The monoisotopic (exact) mass is 535 g/mol. The molecule has 1 aliphatic heterocycles.